The Labute approximate surface area is 161 Å². The summed E-state index contributed by atoms with van der Waals surface area (Å²) in [5.74, 6) is -0.703. The molecule has 5 rings (SSSR count). The standard InChI is InChI=1S/C22H20N2O4/c1-3-12-13-7-5-6-8-17(13)23-19-14(12)10-24-18(19)9-16-15(20(24)25)11-28-21(26)22(16,27)4-2/h5-9,27H,3-4,10-11H2,1-2H3/t22-/m1/s1. The highest BCUT2D eigenvalue weighted by atomic mass is 16.6. The molecule has 4 heterocycles. The Hall–Kier alpha value is -2.99. The van der Waals surface area contributed by atoms with Gasteiger partial charge >= 0.3 is 5.97 Å². The summed E-state index contributed by atoms with van der Waals surface area (Å²) in [4.78, 5) is 30.3. The zero-order valence-corrected chi connectivity index (χ0v) is 15.8. The number of nitrogens with zero attached hydrogens (tertiary/aromatic N) is 2. The fourth-order valence-electron chi connectivity index (χ4n) is 4.52. The van der Waals surface area contributed by atoms with Gasteiger partial charge in [-0.2, -0.15) is 0 Å². The van der Waals surface area contributed by atoms with Crippen molar-refractivity contribution in [3.05, 3.63) is 62.9 Å². The van der Waals surface area contributed by atoms with E-state index in [2.05, 4.69) is 13.0 Å². The molecule has 0 saturated heterocycles. The Morgan fingerprint density at radius 2 is 2.00 bits per heavy atom. The van der Waals surface area contributed by atoms with Crippen molar-refractivity contribution >= 4 is 16.9 Å². The second-order valence-corrected chi connectivity index (χ2v) is 7.39. The molecule has 1 atom stereocenters. The Morgan fingerprint density at radius 3 is 2.75 bits per heavy atom. The number of aromatic nitrogens is 2. The fourth-order valence-corrected chi connectivity index (χ4v) is 4.52. The van der Waals surface area contributed by atoms with E-state index >= 15 is 0 Å². The van der Waals surface area contributed by atoms with Crippen molar-refractivity contribution in [1.29, 1.82) is 0 Å². The number of carbonyl (C=O) groups is 1. The third-order valence-electron chi connectivity index (χ3n) is 6.07. The molecule has 0 saturated carbocycles. The fraction of sp³-hybridized carbons (Fsp3) is 0.318. The molecular weight excluding hydrogens is 356 g/mol. The van der Waals surface area contributed by atoms with E-state index in [1.54, 1.807) is 17.6 Å². The normalized spacial score (nSPS) is 19.9. The quantitative estimate of drug-likeness (QED) is 0.544. The van der Waals surface area contributed by atoms with E-state index in [1.165, 1.54) is 5.56 Å². The van der Waals surface area contributed by atoms with Crippen molar-refractivity contribution in [2.75, 3.05) is 0 Å². The van der Waals surface area contributed by atoms with E-state index in [4.69, 9.17) is 9.72 Å². The van der Waals surface area contributed by atoms with Crippen LogP contribution >= 0.6 is 0 Å². The maximum atomic E-state index is 13.2. The van der Waals surface area contributed by atoms with Gasteiger partial charge in [0.1, 0.15) is 6.61 Å². The molecule has 0 aliphatic carbocycles. The van der Waals surface area contributed by atoms with Gasteiger partial charge in [-0.05, 0) is 30.5 Å². The Kier molecular flexibility index (Phi) is 3.52. The molecular formula is C22H20N2O4. The van der Waals surface area contributed by atoms with Gasteiger partial charge in [-0.3, -0.25) is 4.79 Å². The monoisotopic (exact) mass is 376 g/mol. The van der Waals surface area contributed by atoms with Gasteiger partial charge in [0, 0.05) is 16.5 Å². The van der Waals surface area contributed by atoms with Crippen molar-refractivity contribution in [1.82, 2.24) is 9.55 Å². The van der Waals surface area contributed by atoms with E-state index in [9.17, 15) is 14.7 Å². The number of carbonyl (C=O) groups excluding carboxylic acids is 1. The highest BCUT2D eigenvalue weighted by Gasteiger charge is 2.45. The van der Waals surface area contributed by atoms with Crippen LogP contribution in [0.25, 0.3) is 22.3 Å². The summed E-state index contributed by atoms with van der Waals surface area (Å²) in [6, 6.07) is 9.72. The van der Waals surface area contributed by atoms with Crippen molar-refractivity contribution in [2.24, 2.45) is 0 Å². The molecule has 1 aromatic carbocycles. The maximum Gasteiger partial charge on any atom is 0.343 e. The number of aryl methyl sites for hydroxylation is 1. The lowest BCUT2D eigenvalue weighted by atomic mass is 9.86. The van der Waals surface area contributed by atoms with E-state index in [0.717, 1.165) is 28.6 Å². The molecule has 0 radical (unpaired) electrons. The molecule has 0 bridgehead atoms. The molecule has 0 spiro atoms. The maximum absolute atomic E-state index is 13.2. The van der Waals surface area contributed by atoms with E-state index < -0.39 is 11.6 Å². The zero-order valence-electron chi connectivity index (χ0n) is 15.8. The van der Waals surface area contributed by atoms with Crippen LogP contribution < -0.4 is 5.56 Å². The number of ether oxygens (including phenoxy) is 1. The lowest BCUT2D eigenvalue weighted by Gasteiger charge is -2.31. The minimum atomic E-state index is -1.80. The molecule has 0 amide bonds. The second kappa shape index (κ2) is 5.75. The van der Waals surface area contributed by atoms with E-state index in [-0.39, 0.29) is 18.6 Å². The highest BCUT2D eigenvalue weighted by Crippen LogP contribution is 2.40. The topological polar surface area (TPSA) is 81.4 Å². The summed E-state index contributed by atoms with van der Waals surface area (Å²) in [6.07, 6.45) is 0.967. The number of fused-ring (bicyclic) bond motifs is 5. The molecule has 6 heteroatoms. The van der Waals surface area contributed by atoms with Crippen molar-refractivity contribution in [3.63, 3.8) is 0 Å². The lowest BCUT2D eigenvalue weighted by Crippen LogP contribution is -2.44. The van der Waals surface area contributed by atoms with Crippen LogP contribution in [0, 0.1) is 0 Å². The first-order valence-electron chi connectivity index (χ1n) is 9.57. The summed E-state index contributed by atoms with van der Waals surface area (Å²) in [6.45, 7) is 4.13. The molecule has 1 N–H and O–H groups in total. The molecule has 28 heavy (non-hydrogen) atoms. The Balaban J connectivity index is 1.84. The van der Waals surface area contributed by atoms with Crippen LogP contribution in [0.5, 0.6) is 0 Å². The molecule has 0 fully saturated rings. The highest BCUT2D eigenvalue weighted by molar-refractivity contribution is 5.89. The Bertz CT molecular complexity index is 1230. The first-order valence-corrected chi connectivity index (χ1v) is 9.57. The van der Waals surface area contributed by atoms with Crippen molar-refractivity contribution < 1.29 is 14.6 Å². The molecule has 142 valence electrons. The molecule has 6 nitrogen and oxygen atoms in total. The van der Waals surface area contributed by atoms with Gasteiger partial charge in [0.15, 0.2) is 5.60 Å². The largest absolute Gasteiger partial charge is 0.458 e. The van der Waals surface area contributed by atoms with Crippen molar-refractivity contribution in [2.45, 2.75) is 45.4 Å². The second-order valence-electron chi connectivity index (χ2n) is 7.39. The minimum Gasteiger partial charge on any atom is -0.458 e. The van der Waals surface area contributed by atoms with Gasteiger partial charge in [0.25, 0.3) is 5.56 Å². The number of cyclic esters (lactones) is 1. The number of hydrogen-bond donors (Lipinski definition) is 1. The van der Waals surface area contributed by atoms with Crippen LogP contribution in [-0.2, 0) is 34.7 Å². The van der Waals surface area contributed by atoms with Gasteiger partial charge in [-0.25, -0.2) is 9.78 Å². The number of esters is 1. The van der Waals surface area contributed by atoms with Crippen LogP contribution in [-0.4, -0.2) is 20.6 Å². The van der Waals surface area contributed by atoms with Crippen LogP contribution in [0.4, 0.5) is 0 Å². The molecule has 0 unspecified atom stereocenters. The third-order valence-corrected chi connectivity index (χ3v) is 6.07. The van der Waals surface area contributed by atoms with Gasteiger partial charge in [0.2, 0.25) is 0 Å². The lowest BCUT2D eigenvalue weighted by molar-refractivity contribution is -0.172. The van der Waals surface area contributed by atoms with Gasteiger partial charge in [-0.15, -0.1) is 0 Å². The van der Waals surface area contributed by atoms with Crippen LogP contribution in [0.1, 0.15) is 42.5 Å². The number of benzene rings is 1. The average molecular weight is 376 g/mol. The van der Waals surface area contributed by atoms with Crippen molar-refractivity contribution in [3.8, 4) is 11.4 Å². The summed E-state index contributed by atoms with van der Waals surface area (Å²) in [5.41, 5.74) is 3.18. The van der Waals surface area contributed by atoms with E-state index in [1.807, 2.05) is 18.2 Å². The third kappa shape index (κ3) is 2.04. The Morgan fingerprint density at radius 1 is 1.21 bits per heavy atom. The first-order chi connectivity index (χ1) is 13.5. The SMILES string of the molecule is CCc1c2c(nc3ccccc13)-c1cc3c(c(=O)n1C2)COC(=O)[C@@]3(O)CC. The van der Waals surface area contributed by atoms with Crippen LogP contribution in [0.2, 0.25) is 0 Å². The zero-order chi connectivity index (χ0) is 19.6. The number of aliphatic hydroxyl groups is 1. The molecule has 2 aliphatic rings. The predicted octanol–water partition coefficient (Wildman–Crippen LogP) is 2.64. The average Bonchev–Trinajstić information content (AvgIpc) is 3.08. The number of hydrogen-bond acceptors (Lipinski definition) is 5. The molecule has 2 aromatic heterocycles. The number of pyridine rings is 2. The van der Waals surface area contributed by atoms with Crippen LogP contribution in [0.3, 0.4) is 0 Å². The van der Waals surface area contributed by atoms with Gasteiger partial charge in [0.05, 0.1) is 29.0 Å². The van der Waals surface area contributed by atoms with E-state index in [0.29, 0.717) is 23.4 Å². The van der Waals surface area contributed by atoms with Gasteiger partial charge in [-0.1, -0.05) is 32.0 Å². The summed E-state index contributed by atoms with van der Waals surface area (Å²) in [5, 5.41) is 12.0. The summed E-state index contributed by atoms with van der Waals surface area (Å²) >= 11 is 0. The minimum absolute atomic E-state index is 0.109. The predicted molar refractivity (Wildman–Crippen MR) is 104 cm³/mol. The first kappa shape index (κ1) is 17.1. The smallest absolute Gasteiger partial charge is 0.343 e. The van der Waals surface area contributed by atoms with Gasteiger partial charge < -0.3 is 14.4 Å². The summed E-state index contributed by atoms with van der Waals surface area (Å²) < 4.78 is 6.80. The number of rotatable bonds is 2. The summed E-state index contributed by atoms with van der Waals surface area (Å²) in [7, 11) is 0. The van der Waals surface area contributed by atoms with Crippen LogP contribution in [0.15, 0.2) is 35.1 Å². The number of para-hydroxylation sites is 1. The molecule has 3 aromatic rings. The molecule has 2 aliphatic heterocycles.